The fraction of sp³-hybridized carbons (Fsp3) is 0.400. The summed E-state index contributed by atoms with van der Waals surface area (Å²) in [4.78, 5) is 14.3. The predicted molar refractivity (Wildman–Crippen MR) is 71.8 cm³/mol. The van der Waals surface area contributed by atoms with Gasteiger partial charge >= 0.3 is 11.6 Å². The van der Waals surface area contributed by atoms with E-state index >= 15 is 0 Å². The van der Waals surface area contributed by atoms with Gasteiger partial charge in [0.2, 0.25) is 5.69 Å². The van der Waals surface area contributed by atoms with Crippen LogP contribution < -0.4 is 9.79 Å². The average Bonchev–Trinajstić information content (AvgIpc) is 2.90. The van der Waals surface area contributed by atoms with Gasteiger partial charge in [0.15, 0.2) is 5.95 Å². The zero-order chi connectivity index (χ0) is 14.8. The normalized spacial score (nSPS) is 16.1. The Morgan fingerprint density at radius 3 is 2.67 bits per heavy atom. The summed E-state index contributed by atoms with van der Waals surface area (Å²) in [5.74, 6) is -0.385. The monoisotopic (exact) mass is 287 g/mol. The van der Waals surface area contributed by atoms with Crippen molar-refractivity contribution in [2.45, 2.75) is 19.8 Å². The molecule has 6 nitrogen and oxygen atoms in total. The van der Waals surface area contributed by atoms with Crippen LogP contribution in [0.2, 0.25) is 0 Å². The van der Waals surface area contributed by atoms with Crippen LogP contribution >= 0.6 is 0 Å². The van der Waals surface area contributed by atoms with E-state index in [4.69, 9.17) is 4.52 Å². The summed E-state index contributed by atoms with van der Waals surface area (Å²) >= 11 is 0. The number of nitrogens with zero attached hydrogens (tertiary/aromatic N) is 3. The summed E-state index contributed by atoms with van der Waals surface area (Å²) in [5, 5.41) is 15.6. The van der Waals surface area contributed by atoms with E-state index in [-0.39, 0.29) is 11.6 Å². The molecule has 1 aromatic carbocycles. The van der Waals surface area contributed by atoms with Crippen molar-refractivity contribution in [2.75, 3.05) is 13.1 Å². The van der Waals surface area contributed by atoms with E-state index in [1.165, 1.54) is 4.68 Å². The molecule has 2 aromatic rings. The zero-order valence-electron chi connectivity index (χ0n) is 11.9. The number of hydrogen-bond donors (Lipinski definition) is 0. The molecule has 3 rings (SSSR count). The number of amides is 1. The maximum absolute atomic E-state index is 12.6. The lowest BCUT2D eigenvalue weighted by atomic mass is 9.99. The summed E-state index contributed by atoms with van der Waals surface area (Å²) in [7, 11) is 0. The topological polar surface area (TPSA) is 73.3 Å². The fourth-order valence-corrected chi connectivity index (χ4v) is 2.53. The highest BCUT2D eigenvalue weighted by molar-refractivity contribution is 5.92. The Labute approximate surface area is 122 Å². The van der Waals surface area contributed by atoms with Crippen molar-refractivity contribution in [1.82, 2.24) is 10.2 Å². The van der Waals surface area contributed by atoms with Crippen LogP contribution in [-0.4, -0.2) is 29.2 Å². The second-order valence-electron chi connectivity index (χ2n) is 5.43. The quantitative estimate of drug-likeness (QED) is 0.769. The summed E-state index contributed by atoms with van der Waals surface area (Å²) in [6.07, 6.45) is 1.91. The smallest absolute Gasteiger partial charge is 0.327 e. The van der Waals surface area contributed by atoms with Crippen molar-refractivity contribution in [2.24, 2.45) is 5.92 Å². The zero-order valence-corrected chi connectivity index (χ0v) is 11.9. The van der Waals surface area contributed by atoms with Crippen molar-refractivity contribution >= 4 is 5.91 Å². The fourth-order valence-electron chi connectivity index (χ4n) is 2.53. The van der Waals surface area contributed by atoms with Gasteiger partial charge in [0.25, 0.3) is 0 Å². The van der Waals surface area contributed by atoms with E-state index in [1.54, 1.807) is 17.0 Å². The first kappa shape index (κ1) is 13.6. The van der Waals surface area contributed by atoms with Crippen molar-refractivity contribution in [3.8, 4) is 11.6 Å². The van der Waals surface area contributed by atoms with Gasteiger partial charge in [-0.3, -0.25) is 4.79 Å². The number of hydrogen-bond acceptors (Lipinski definition) is 4. The van der Waals surface area contributed by atoms with Crippen LogP contribution in [0.5, 0.6) is 5.95 Å². The first-order valence-electron chi connectivity index (χ1n) is 7.10. The van der Waals surface area contributed by atoms with Gasteiger partial charge in [-0.2, -0.15) is 0 Å². The van der Waals surface area contributed by atoms with Crippen LogP contribution in [0.15, 0.2) is 34.9 Å². The Morgan fingerprint density at radius 1 is 1.33 bits per heavy atom. The molecule has 0 bridgehead atoms. The molecule has 1 amide bonds. The van der Waals surface area contributed by atoms with Gasteiger partial charge in [-0.25, -0.2) is 0 Å². The van der Waals surface area contributed by atoms with Crippen LogP contribution in [0.1, 0.15) is 30.3 Å². The van der Waals surface area contributed by atoms with E-state index < -0.39 is 5.95 Å². The van der Waals surface area contributed by atoms with Gasteiger partial charge in [-0.05, 0) is 23.4 Å². The first-order valence-corrected chi connectivity index (χ1v) is 7.10. The third-order valence-electron chi connectivity index (χ3n) is 3.88. The summed E-state index contributed by atoms with van der Waals surface area (Å²) in [6.45, 7) is 3.50. The third-order valence-corrected chi connectivity index (χ3v) is 3.88. The average molecular weight is 287 g/mol. The van der Waals surface area contributed by atoms with Crippen molar-refractivity contribution in [3.63, 3.8) is 0 Å². The molecule has 0 atom stereocenters. The van der Waals surface area contributed by atoms with Crippen LogP contribution in [0.3, 0.4) is 0 Å². The SMILES string of the molecule is CC1CCN(C(=O)c2c([O-])on[n+]2-c2ccccc2)CC1. The second-order valence-corrected chi connectivity index (χ2v) is 5.43. The molecule has 0 N–H and O–H groups in total. The number of likely N-dealkylation sites (tertiary alicyclic amines) is 1. The summed E-state index contributed by atoms with van der Waals surface area (Å²) < 4.78 is 5.97. The Hall–Kier alpha value is -2.37. The van der Waals surface area contributed by atoms with Crippen LogP contribution in [0.25, 0.3) is 5.69 Å². The van der Waals surface area contributed by atoms with Crippen molar-refractivity contribution < 1.29 is 19.1 Å². The molecule has 0 saturated carbocycles. The summed E-state index contributed by atoms with van der Waals surface area (Å²) in [6, 6.07) is 9.04. The number of rotatable bonds is 2. The highest BCUT2D eigenvalue weighted by Gasteiger charge is 2.32. The van der Waals surface area contributed by atoms with E-state index in [1.807, 2.05) is 18.2 Å². The highest BCUT2D eigenvalue weighted by atomic mass is 16.6. The van der Waals surface area contributed by atoms with Gasteiger partial charge in [0.1, 0.15) is 0 Å². The van der Waals surface area contributed by atoms with Gasteiger partial charge in [-0.15, -0.1) is 0 Å². The second kappa shape index (κ2) is 5.55. The number of para-hydroxylation sites is 1. The van der Waals surface area contributed by atoms with E-state index in [2.05, 4.69) is 12.2 Å². The lowest BCUT2D eigenvalue weighted by molar-refractivity contribution is -0.672. The molecular formula is C15H17N3O3. The highest BCUT2D eigenvalue weighted by Crippen LogP contribution is 2.20. The minimum Gasteiger partial charge on any atom is -0.538 e. The lowest BCUT2D eigenvalue weighted by Gasteiger charge is -2.29. The van der Waals surface area contributed by atoms with E-state index in [9.17, 15) is 9.90 Å². The van der Waals surface area contributed by atoms with Gasteiger partial charge < -0.3 is 14.5 Å². The molecule has 1 aromatic heterocycles. The molecule has 2 heterocycles. The van der Waals surface area contributed by atoms with E-state index in [0.29, 0.717) is 24.7 Å². The number of piperidine rings is 1. The Balaban J connectivity index is 1.92. The molecule has 1 fully saturated rings. The molecule has 1 saturated heterocycles. The minimum atomic E-state index is -0.692. The summed E-state index contributed by atoms with van der Waals surface area (Å²) in [5.41, 5.74) is 0.604. The molecule has 1 aliphatic rings. The Bertz CT molecular complexity index is 631. The molecule has 0 radical (unpaired) electrons. The number of aromatic nitrogens is 2. The first-order chi connectivity index (χ1) is 10.2. The van der Waals surface area contributed by atoms with Crippen LogP contribution in [-0.2, 0) is 0 Å². The van der Waals surface area contributed by atoms with Gasteiger partial charge in [0, 0.05) is 25.2 Å². The Kier molecular flexibility index (Phi) is 3.60. The number of benzene rings is 1. The van der Waals surface area contributed by atoms with Gasteiger partial charge in [0.05, 0.1) is 5.27 Å². The molecule has 1 aliphatic heterocycles. The third kappa shape index (κ3) is 2.61. The molecular weight excluding hydrogens is 270 g/mol. The van der Waals surface area contributed by atoms with Crippen LogP contribution in [0.4, 0.5) is 0 Å². The molecule has 6 heteroatoms. The largest absolute Gasteiger partial charge is 0.538 e. The van der Waals surface area contributed by atoms with E-state index in [0.717, 1.165) is 12.8 Å². The molecule has 0 unspecified atom stereocenters. The number of carbonyl (C=O) groups is 1. The van der Waals surface area contributed by atoms with Crippen molar-refractivity contribution in [3.05, 3.63) is 36.0 Å². The number of carbonyl (C=O) groups excluding carboxylic acids is 1. The molecule has 0 aliphatic carbocycles. The molecule has 21 heavy (non-hydrogen) atoms. The maximum Gasteiger partial charge on any atom is 0.327 e. The van der Waals surface area contributed by atoms with Crippen molar-refractivity contribution in [1.29, 1.82) is 0 Å². The molecule has 110 valence electrons. The Morgan fingerprint density at radius 2 is 2.00 bits per heavy atom. The van der Waals surface area contributed by atoms with Crippen LogP contribution in [0, 0.1) is 5.92 Å². The van der Waals surface area contributed by atoms with Gasteiger partial charge in [-0.1, -0.05) is 25.1 Å². The molecule has 0 spiro atoms. The lowest BCUT2D eigenvalue weighted by Crippen LogP contribution is -2.46. The minimum absolute atomic E-state index is 0.0317. The maximum atomic E-state index is 12.6. The standard InChI is InChI=1S/C15H17N3O3/c1-11-7-9-17(10-8-11)14(19)13-15(20)21-16-18(13)12-5-3-2-4-6-12/h2-6,11H,7-10H2,1H3. The predicted octanol–water partition coefficient (Wildman–Crippen LogP) is 0.897.